The lowest BCUT2D eigenvalue weighted by atomic mass is 9.76. The maximum atomic E-state index is 12.4. The lowest BCUT2D eigenvalue weighted by molar-refractivity contribution is -0.130. The van der Waals surface area contributed by atoms with Crippen LogP contribution in [-0.2, 0) is 4.79 Å². The number of aliphatic hydroxyl groups is 1. The minimum atomic E-state index is -0.626. The van der Waals surface area contributed by atoms with Gasteiger partial charge in [-0.15, -0.1) is 0 Å². The van der Waals surface area contributed by atoms with Gasteiger partial charge in [0.1, 0.15) is 5.75 Å². The Morgan fingerprint density at radius 2 is 2.23 bits per heavy atom. The zero-order chi connectivity index (χ0) is 16.0. The number of carbonyl (C=O) groups excluding carboxylic acids is 1. The number of carbonyl (C=O) groups is 1. The van der Waals surface area contributed by atoms with E-state index in [4.69, 9.17) is 4.74 Å². The highest BCUT2D eigenvalue weighted by molar-refractivity contribution is 5.81. The van der Waals surface area contributed by atoms with Gasteiger partial charge in [0.05, 0.1) is 18.3 Å². The van der Waals surface area contributed by atoms with Crippen LogP contribution in [0.3, 0.4) is 0 Å². The number of aromatic nitrogens is 1. The summed E-state index contributed by atoms with van der Waals surface area (Å²) in [4.78, 5) is 16.4. The molecular weight excluding hydrogens is 280 g/mol. The molecule has 122 valence electrons. The highest BCUT2D eigenvalue weighted by Crippen LogP contribution is 2.32. The molecule has 5 nitrogen and oxygen atoms in total. The second kappa shape index (κ2) is 7.58. The number of amides is 1. The molecule has 0 unspecified atom stereocenters. The van der Waals surface area contributed by atoms with Gasteiger partial charge in [-0.3, -0.25) is 9.78 Å². The molecular formula is C17H26N2O3. The Balaban J connectivity index is 1.95. The molecule has 1 aromatic rings. The third-order valence-electron chi connectivity index (χ3n) is 4.56. The summed E-state index contributed by atoms with van der Waals surface area (Å²) in [7, 11) is 0. The second-order valence-electron chi connectivity index (χ2n) is 6.35. The van der Waals surface area contributed by atoms with Crippen molar-refractivity contribution in [3.63, 3.8) is 0 Å². The van der Waals surface area contributed by atoms with Crippen molar-refractivity contribution in [1.82, 2.24) is 10.3 Å². The Bertz CT molecular complexity index is 474. The molecule has 1 fully saturated rings. The van der Waals surface area contributed by atoms with Gasteiger partial charge < -0.3 is 15.2 Å². The van der Waals surface area contributed by atoms with Crippen LogP contribution in [0, 0.1) is 5.92 Å². The Morgan fingerprint density at radius 3 is 2.82 bits per heavy atom. The van der Waals surface area contributed by atoms with Gasteiger partial charge in [0.25, 0.3) is 5.91 Å². The van der Waals surface area contributed by atoms with Gasteiger partial charge in [0, 0.05) is 6.20 Å². The molecule has 2 N–H and O–H groups in total. The topological polar surface area (TPSA) is 71.5 Å². The molecule has 0 saturated heterocycles. The lowest BCUT2D eigenvalue weighted by Crippen LogP contribution is -2.57. The third kappa shape index (κ3) is 4.19. The number of hydrogen-bond acceptors (Lipinski definition) is 4. The summed E-state index contributed by atoms with van der Waals surface area (Å²) < 4.78 is 5.60. The fourth-order valence-electron chi connectivity index (χ4n) is 3.07. The average molecular weight is 306 g/mol. The average Bonchev–Trinajstić information content (AvgIpc) is 2.56. The summed E-state index contributed by atoms with van der Waals surface area (Å²) in [5, 5.41) is 12.8. The van der Waals surface area contributed by atoms with E-state index in [1.165, 1.54) is 6.42 Å². The van der Waals surface area contributed by atoms with Crippen LogP contribution in [0.25, 0.3) is 0 Å². The Hall–Kier alpha value is -1.62. The molecule has 0 spiro atoms. The van der Waals surface area contributed by atoms with E-state index in [1.807, 2.05) is 6.92 Å². The number of pyridine rings is 1. The summed E-state index contributed by atoms with van der Waals surface area (Å²) >= 11 is 0. The SMILES string of the molecule is C[C@H](Oc1cccnc1)C(=O)N[C@](C)(CO)C1CCCCC1. The molecule has 0 aromatic carbocycles. The molecule has 2 rings (SSSR count). The quantitative estimate of drug-likeness (QED) is 0.846. The van der Waals surface area contributed by atoms with E-state index in [1.54, 1.807) is 31.5 Å². The Labute approximate surface area is 132 Å². The van der Waals surface area contributed by atoms with Gasteiger partial charge >= 0.3 is 0 Å². The van der Waals surface area contributed by atoms with Crippen LogP contribution in [0.2, 0.25) is 0 Å². The first-order valence-corrected chi connectivity index (χ1v) is 8.05. The molecule has 1 saturated carbocycles. The summed E-state index contributed by atoms with van der Waals surface area (Å²) in [6.07, 6.45) is 8.28. The van der Waals surface area contributed by atoms with E-state index in [0.29, 0.717) is 11.7 Å². The van der Waals surface area contributed by atoms with Crippen LogP contribution in [0.4, 0.5) is 0 Å². The standard InChI is InChI=1S/C17H26N2O3/c1-13(22-15-9-6-10-18-11-15)16(21)19-17(2,12-20)14-7-4-3-5-8-14/h6,9-11,13-14,20H,3-5,7-8,12H2,1-2H3,(H,19,21)/t13-,17+/m0/s1. The molecule has 1 aliphatic rings. The van der Waals surface area contributed by atoms with Crippen LogP contribution < -0.4 is 10.1 Å². The first kappa shape index (κ1) is 16.7. The van der Waals surface area contributed by atoms with Crippen molar-refractivity contribution in [3.8, 4) is 5.75 Å². The molecule has 0 aliphatic heterocycles. The Kier molecular flexibility index (Phi) is 5.77. The maximum absolute atomic E-state index is 12.4. The van der Waals surface area contributed by atoms with E-state index in [-0.39, 0.29) is 12.5 Å². The van der Waals surface area contributed by atoms with Crippen molar-refractivity contribution < 1.29 is 14.6 Å². The summed E-state index contributed by atoms with van der Waals surface area (Å²) in [5.74, 6) is 0.681. The van der Waals surface area contributed by atoms with Crippen LogP contribution in [0.1, 0.15) is 46.0 Å². The van der Waals surface area contributed by atoms with Crippen molar-refractivity contribution in [1.29, 1.82) is 0 Å². The number of ether oxygens (including phenoxy) is 1. The van der Waals surface area contributed by atoms with Gasteiger partial charge in [-0.1, -0.05) is 19.3 Å². The molecule has 22 heavy (non-hydrogen) atoms. The van der Waals surface area contributed by atoms with E-state index in [2.05, 4.69) is 10.3 Å². The van der Waals surface area contributed by atoms with Gasteiger partial charge in [-0.05, 0) is 44.7 Å². The lowest BCUT2D eigenvalue weighted by Gasteiger charge is -2.39. The molecule has 1 aliphatic carbocycles. The molecule has 1 amide bonds. The predicted octanol–water partition coefficient (Wildman–Crippen LogP) is 2.30. The minimum absolute atomic E-state index is 0.0526. The molecule has 5 heteroatoms. The largest absolute Gasteiger partial charge is 0.479 e. The first-order chi connectivity index (χ1) is 10.5. The first-order valence-electron chi connectivity index (χ1n) is 8.05. The predicted molar refractivity (Wildman–Crippen MR) is 84.5 cm³/mol. The van der Waals surface area contributed by atoms with Gasteiger partial charge in [-0.2, -0.15) is 0 Å². The minimum Gasteiger partial charge on any atom is -0.479 e. The van der Waals surface area contributed by atoms with E-state index >= 15 is 0 Å². The smallest absolute Gasteiger partial charge is 0.261 e. The summed E-state index contributed by atoms with van der Waals surface area (Å²) in [6, 6.07) is 3.53. The highest BCUT2D eigenvalue weighted by Gasteiger charge is 2.37. The molecule has 1 aromatic heterocycles. The number of hydrogen-bond donors (Lipinski definition) is 2. The van der Waals surface area contributed by atoms with Crippen LogP contribution in [0.15, 0.2) is 24.5 Å². The molecule has 1 heterocycles. The van der Waals surface area contributed by atoms with Gasteiger partial charge in [0.15, 0.2) is 6.10 Å². The number of nitrogens with zero attached hydrogens (tertiary/aromatic N) is 1. The van der Waals surface area contributed by atoms with E-state index < -0.39 is 11.6 Å². The van der Waals surface area contributed by atoms with Crippen molar-refractivity contribution in [2.75, 3.05) is 6.61 Å². The normalized spacial score (nSPS) is 20.0. The van der Waals surface area contributed by atoms with Crippen LogP contribution in [0.5, 0.6) is 5.75 Å². The van der Waals surface area contributed by atoms with Crippen LogP contribution >= 0.6 is 0 Å². The molecule has 2 atom stereocenters. The van der Waals surface area contributed by atoms with Gasteiger partial charge in [-0.25, -0.2) is 0 Å². The molecule has 0 bridgehead atoms. The van der Waals surface area contributed by atoms with E-state index in [0.717, 1.165) is 25.7 Å². The highest BCUT2D eigenvalue weighted by atomic mass is 16.5. The van der Waals surface area contributed by atoms with E-state index in [9.17, 15) is 9.90 Å². The van der Waals surface area contributed by atoms with Crippen molar-refractivity contribution in [2.45, 2.75) is 57.6 Å². The summed E-state index contributed by atoms with van der Waals surface area (Å²) in [6.45, 7) is 3.59. The van der Waals surface area contributed by atoms with Crippen molar-refractivity contribution in [2.24, 2.45) is 5.92 Å². The number of rotatable bonds is 6. The second-order valence-corrected chi connectivity index (χ2v) is 6.35. The summed E-state index contributed by atoms with van der Waals surface area (Å²) in [5.41, 5.74) is -0.579. The van der Waals surface area contributed by atoms with Gasteiger partial charge in [0.2, 0.25) is 0 Å². The fourth-order valence-corrected chi connectivity index (χ4v) is 3.07. The monoisotopic (exact) mass is 306 g/mol. The number of aliphatic hydroxyl groups excluding tert-OH is 1. The van der Waals surface area contributed by atoms with Crippen molar-refractivity contribution in [3.05, 3.63) is 24.5 Å². The number of nitrogens with one attached hydrogen (secondary N) is 1. The van der Waals surface area contributed by atoms with Crippen molar-refractivity contribution >= 4 is 5.91 Å². The maximum Gasteiger partial charge on any atom is 0.261 e. The van der Waals surface area contributed by atoms with Crippen LogP contribution in [-0.4, -0.2) is 34.2 Å². The third-order valence-corrected chi connectivity index (χ3v) is 4.56. The zero-order valence-corrected chi connectivity index (χ0v) is 13.4. The molecule has 0 radical (unpaired) electrons. The Morgan fingerprint density at radius 1 is 1.50 bits per heavy atom. The fraction of sp³-hybridized carbons (Fsp3) is 0.647. The zero-order valence-electron chi connectivity index (χ0n) is 13.4.